The molecule has 6 rings (SSSR count). The van der Waals surface area contributed by atoms with Crippen LogP contribution in [0.15, 0.2) is 54.0 Å². The number of benzene rings is 2. The number of fused-ring (bicyclic) bond motifs is 2. The summed E-state index contributed by atoms with van der Waals surface area (Å²) in [6.07, 6.45) is 4.78. The predicted octanol–water partition coefficient (Wildman–Crippen LogP) is 5.95. The highest BCUT2D eigenvalue weighted by molar-refractivity contribution is 7.14. The molecule has 2 aromatic carbocycles. The number of aromatic nitrogens is 3. The van der Waals surface area contributed by atoms with Crippen molar-refractivity contribution >= 4 is 28.3 Å². The van der Waals surface area contributed by atoms with Crippen molar-refractivity contribution in [1.29, 1.82) is 0 Å². The molecule has 1 saturated heterocycles. The van der Waals surface area contributed by atoms with Gasteiger partial charge in [-0.1, -0.05) is 24.1 Å². The number of ether oxygens (including phenoxy) is 1. The summed E-state index contributed by atoms with van der Waals surface area (Å²) >= 11 is 1.61. The average molecular weight is 614 g/mol. The molecule has 4 aromatic rings. The second-order valence-electron chi connectivity index (χ2n) is 12.3. The Morgan fingerprint density at radius 2 is 1.86 bits per heavy atom. The van der Waals surface area contributed by atoms with Crippen molar-refractivity contribution in [3.63, 3.8) is 0 Å². The van der Waals surface area contributed by atoms with Crippen LogP contribution in [0.4, 0.5) is 5.13 Å². The number of hydrogen-bond acceptors (Lipinski definition) is 7. The third-order valence-electron chi connectivity index (χ3n) is 9.18. The molecule has 1 saturated carbocycles. The monoisotopic (exact) mass is 613 g/mol. The van der Waals surface area contributed by atoms with E-state index in [1.807, 2.05) is 50.4 Å². The Morgan fingerprint density at radius 1 is 1.09 bits per heavy atom. The van der Waals surface area contributed by atoms with Crippen molar-refractivity contribution in [2.24, 2.45) is 24.8 Å². The number of thiazole rings is 1. The average Bonchev–Trinajstić information content (AvgIpc) is 3.65. The fourth-order valence-electron chi connectivity index (χ4n) is 6.74. The Labute approximate surface area is 262 Å². The van der Waals surface area contributed by atoms with Crippen LogP contribution in [0.1, 0.15) is 52.0 Å². The van der Waals surface area contributed by atoms with Gasteiger partial charge in [-0.15, -0.1) is 11.3 Å². The van der Waals surface area contributed by atoms with Crippen molar-refractivity contribution in [2.45, 2.75) is 46.3 Å². The first-order chi connectivity index (χ1) is 21.2. The van der Waals surface area contributed by atoms with Gasteiger partial charge in [-0.2, -0.15) is 5.10 Å². The van der Waals surface area contributed by atoms with Gasteiger partial charge in [0.15, 0.2) is 5.13 Å². The Morgan fingerprint density at radius 3 is 2.55 bits per heavy atom. The molecule has 1 aliphatic carbocycles. The van der Waals surface area contributed by atoms with Crippen molar-refractivity contribution in [2.75, 3.05) is 25.0 Å². The maximum absolute atomic E-state index is 13.1. The van der Waals surface area contributed by atoms with Crippen LogP contribution in [-0.4, -0.2) is 56.8 Å². The molecule has 2 aliphatic rings. The van der Waals surface area contributed by atoms with Crippen LogP contribution in [0.5, 0.6) is 5.75 Å². The molecule has 1 amide bonds. The van der Waals surface area contributed by atoms with Crippen LogP contribution in [0, 0.1) is 31.6 Å². The molecule has 3 heterocycles. The standard InChI is InChI=1S/C34H39N5O4S/c1-21-8-11-30(43-19-26-10-9-23(15-22(26)2)32(40)37(3)18-27-12-13-35-38(27)4)28(14-21)29-20-44-34(36-29)39-16-24-6-5-7-25(17-39)31(24)33(41)42/h8-15,20,24-25,31H,5-7,16-19H2,1-4H3,(H,41,42)/t24-,25+,31?. The lowest BCUT2D eigenvalue weighted by molar-refractivity contribution is -0.148. The summed E-state index contributed by atoms with van der Waals surface area (Å²) < 4.78 is 8.15. The molecule has 0 spiro atoms. The van der Waals surface area contributed by atoms with Crippen molar-refractivity contribution < 1.29 is 19.4 Å². The number of carbonyl (C=O) groups excluding carboxylic acids is 1. The van der Waals surface area contributed by atoms with Gasteiger partial charge in [-0.25, -0.2) is 4.98 Å². The second-order valence-corrected chi connectivity index (χ2v) is 13.1. The third-order valence-corrected chi connectivity index (χ3v) is 10.1. The zero-order valence-corrected chi connectivity index (χ0v) is 26.5. The maximum atomic E-state index is 13.1. The van der Waals surface area contributed by atoms with Crippen LogP contribution in [0.3, 0.4) is 0 Å². The molecule has 3 atom stereocenters. The topological polar surface area (TPSA) is 101 Å². The van der Waals surface area contributed by atoms with Crippen molar-refractivity contribution in [3.8, 4) is 17.0 Å². The van der Waals surface area contributed by atoms with E-state index < -0.39 is 5.97 Å². The van der Waals surface area contributed by atoms with Gasteiger partial charge in [0.1, 0.15) is 12.4 Å². The number of carbonyl (C=O) groups is 2. The first-order valence-electron chi connectivity index (χ1n) is 15.2. The summed E-state index contributed by atoms with van der Waals surface area (Å²) in [5, 5.41) is 17.0. The zero-order chi connectivity index (χ0) is 31.0. The summed E-state index contributed by atoms with van der Waals surface area (Å²) in [7, 11) is 3.67. The summed E-state index contributed by atoms with van der Waals surface area (Å²) in [5.74, 6) is 0.180. The molecular formula is C34H39N5O4S. The lowest BCUT2D eigenvalue weighted by Crippen LogP contribution is -2.51. The Bertz CT molecular complexity index is 1670. The van der Waals surface area contributed by atoms with Gasteiger partial charge in [-0.3, -0.25) is 14.3 Å². The summed E-state index contributed by atoms with van der Waals surface area (Å²) in [5.41, 5.74) is 6.53. The molecule has 2 bridgehead atoms. The highest BCUT2D eigenvalue weighted by Crippen LogP contribution is 2.43. The van der Waals surface area contributed by atoms with Crippen LogP contribution >= 0.6 is 11.3 Å². The van der Waals surface area contributed by atoms with Gasteiger partial charge < -0.3 is 19.6 Å². The molecule has 2 fully saturated rings. The fourth-order valence-corrected chi connectivity index (χ4v) is 7.58. The quantitative estimate of drug-likeness (QED) is 0.249. The molecule has 0 radical (unpaired) electrons. The Balaban J connectivity index is 1.15. The lowest BCUT2D eigenvalue weighted by atomic mass is 9.69. The molecule has 2 aromatic heterocycles. The number of piperidine rings is 1. The second kappa shape index (κ2) is 12.4. The van der Waals surface area contributed by atoms with Crippen LogP contribution in [-0.2, 0) is 25.0 Å². The first-order valence-corrected chi connectivity index (χ1v) is 16.0. The Hall–Kier alpha value is -4.18. The van der Waals surface area contributed by atoms with Crippen molar-refractivity contribution in [3.05, 3.63) is 82.0 Å². The van der Waals surface area contributed by atoms with Crippen molar-refractivity contribution in [1.82, 2.24) is 19.7 Å². The van der Waals surface area contributed by atoms with E-state index in [0.717, 1.165) is 76.9 Å². The summed E-state index contributed by atoms with van der Waals surface area (Å²) in [6, 6.07) is 13.8. The van der Waals surface area contributed by atoms with Gasteiger partial charge >= 0.3 is 5.97 Å². The van der Waals surface area contributed by atoms with Gasteiger partial charge in [0.25, 0.3) is 5.91 Å². The smallest absolute Gasteiger partial charge is 0.307 e. The largest absolute Gasteiger partial charge is 0.488 e. The minimum atomic E-state index is -0.648. The van der Waals surface area contributed by atoms with Gasteiger partial charge in [0.2, 0.25) is 0 Å². The van der Waals surface area contributed by atoms with E-state index in [0.29, 0.717) is 18.7 Å². The molecular weight excluding hydrogens is 574 g/mol. The number of rotatable bonds is 9. The molecule has 1 N–H and O–H groups in total. The number of aliphatic carboxylic acids is 1. The number of nitrogens with zero attached hydrogens (tertiary/aromatic N) is 5. The van der Waals surface area contributed by atoms with Crippen LogP contribution in [0.2, 0.25) is 0 Å². The van der Waals surface area contributed by atoms with E-state index in [1.54, 1.807) is 34.2 Å². The normalized spacial score (nSPS) is 19.5. The molecule has 1 unspecified atom stereocenters. The first kappa shape index (κ1) is 29.9. The minimum absolute atomic E-state index is 0.0438. The SMILES string of the molecule is Cc1ccc(OCc2ccc(C(=O)N(C)Cc3ccnn3C)cc2C)c(-c2csc(N3C[C@H]4CCC[C@@H](C3)C4C(=O)O)n2)c1. The van der Waals surface area contributed by atoms with E-state index in [9.17, 15) is 14.7 Å². The zero-order valence-electron chi connectivity index (χ0n) is 25.7. The molecule has 10 heteroatoms. The highest BCUT2D eigenvalue weighted by Gasteiger charge is 2.44. The third kappa shape index (κ3) is 6.08. The van der Waals surface area contributed by atoms with E-state index in [-0.39, 0.29) is 23.7 Å². The van der Waals surface area contributed by atoms with Gasteiger partial charge in [0, 0.05) is 49.9 Å². The number of hydrogen-bond donors (Lipinski definition) is 1. The number of carboxylic acids is 1. The highest BCUT2D eigenvalue weighted by atomic mass is 32.1. The molecule has 1 aliphatic heterocycles. The summed E-state index contributed by atoms with van der Waals surface area (Å²) in [6.45, 7) is 6.40. The van der Waals surface area contributed by atoms with Crippen LogP contribution in [0.25, 0.3) is 11.3 Å². The molecule has 230 valence electrons. The maximum Gasteiger partial charge on any atom is 0.307 e. The lowest BCUT2D eigenvalue weighted by Gasteiger charge is -2.45. The minimum Gasteiger partial charge on any atom is -0.488 e. The molecule has 9 nitrogen and oxygen atoms in total. The molecule has 44 heavy (non-hydrogen) atoms. The van der Waals surface area contributed by atoms with Crippen LogP contribution < -0.4 is 9.64 Å². The van der Waals surface area contributed by atoms with E-state index in [4.69, 9.17) is 9.72 Å². The van der Waals surface area contributed by atoms with Gasteiger partial charge in [-0.05, 0) is 80.0 Å². The van der Waals surface area contributed by atoms with Gasteiger partial charge in [0.05, 0.1) is 23.9 Å². The number of amides is 1. The van der Waals surface area contributed by atoms with E-state index in [2.05, 4.69) is 28.4 Å². The summed E-state index contributed by atoms with van der Waals surface area (Å²) in [4.78, 5) is 34.0. The Kier molecular flexibility index (Phi) is 8.44. The van der Waals surface area contributed by atoms with E-state index >= 15 is 0 Å². The predicted molar refractivity (Wildman–Crippen MR) is 171 cm³/mol. The number of carboxylic acid groups (broad SMARTS) is 1. The number of anilines is 1. The van der Waals surface area contributed by atoms with E-state index in [1.165, 1.54) is 0 Å². The fraction of sp³-hybridized carbons (Fsp3) is 0.412. The number of aryl methyl sites for hydroxylation is 3.